The molecule has 1 amide bonds. The topological polar surface area (TPSA) is 29.1 Å². The summed E-state index contributed by atoms with van der Waals surface area (Å²) in [6.45, 7) is 4.34. The van der Waals surface area contributed by atoms with Gasteiger partial charge in [0.1, 0.15) is 0 Å². The first kappa shape index (κ1) is 7.84. The van der Waals surface area contributed by atoms with E-state index in [-0.39, 0.29) is 11.3 Å². The molecule has 0 unspecified atom stereocenters. The van der Waals surface area contributed by atoms with Gasteiger partial charge in [0.15, 0.2) is 0 Å². The van der Waals surface area contributed by atoms with Gasteiger partial charge in [0.2, 0.25) is 5.91 Å². The molecule has 0 aromatic heterocycles. The van der Waals surface area contributed by atoms with Crippen LogP contribution in [0.5, 0.6) is 0 Å². The zero-order valence-corrected chi connectivity index (χ0v) is 7.63. The largest absolute Gasteiger partial charge is 0.351 e. The monoisotopic (exact) mass is 165 g/mol. The number of hydrogen-bond donors (Lipinski definition) is 1. The van der Waals surface area contributed by atoms with Crippen LogP contribution in [-0.2, 0) is 4.79 Å². The Balaban J connectivity index is 2.17. The van der Waals surface area contributed by atoms with Gasteiger partial charge in [0.25, 0.3) is 0 Å². The summed E-state index contributed by atoms with van der Waals surface area (Å²) in [4.78, 5) is 11.4. The Morgan fingerprint density at radius 3 is 2.50 bits per heavy atom. The molecule has 1 aliphatic heterocycles. The highest BCUT2D eigenvalue weighted by Crippen LogP contribution is 2.45. The maximum Gasteiger partial charge on any atom is 0.229 e. The second-order valence-corrected chi connectivity index (χ2v) is 4.23. The van der Waals surface area contributed by atoms with Crippen molar-refractivity contribution in [1.29, 1.82) is 0 Å². The van der Waals surface area contributed by atoms with Crippen molar-refractivity contribution in [2.75, 3.05) is 0 Å². The number of carbonyl (C=O) groups excluding carboxylic acids is 1. The molecule has 66 valence electrons. The van der Waals surface area contributed by atoms with Crippen LogP contribution < -0.4 is 5.32 Å². The molecule has 0 bridgehead atoms. The second-order valence-electron chi connectivity index (χ2n) is 4.23. The van der Waals surface area contributed by atoms with Gasteiger partial charge in [0, 0.05) is 6.04 Å². The lowest BCUT2D eigenvalue weighted by Gasteiger charge is -2.48. The molecule has 0 aromatic carbocycles. The molecule has 1 aliphatic carbocycles. The predicted molar refractivity (Wildman–Crippen MR) is 47.6 cm³/mol. The smallest absolute Gasteiger partial charge is 0.229 e. The fourth-order valence-corrected chi connectivity index (χ4v) is 2.40. The van der Waals surface area contributed by atoms with E-state index in [9.17, 15) is 4.79 Å². The highest BCUT2D eigenvalue weighted by molar-refractivity contribution is 5.91. The SMILES string of the molecule is CC(C)[C@H]1NC(=O)C12CC=CC2. The van der Waals surface area contributed by atoms with E-state index in [1.807, 2.05) is 0 Å². The zero-order chi connectivity index (χ0) is 8.77. The van der Waals surface area contributed by atoms with E-state index in [4.69, 9.17) is 0 Å². The number of hydrogen-bond acceptors (Lipinski definition) is 1. The third kappa shape index (κ3) is 0.780. The summed E-state index contributed by atoms with van der Waals surface area (Å²) in [5.41, 5.74) is -0.0475. The van der Waals surface area contributed by atoms with Crippen LogP contribution >= 0.6 is 0 Å². The average molecular weight is 165 g/mol. The van der Waals surface area contributed by atoms with Crippen LogP contribution in [0.25, 0.3) is 0 Å². The maximum atomic E-state index is 11.4. The van der Waals surface area contributed by atoms with Crippen LogP contribution in [0, 0.1) is 11.3 Å². The van der Waals surface area contributed by atoms with Crippen molar-refractivity contribution in [3.8, 4) is 0 Å². The van der Waals surface area contributed by atoms with E-state index in [1.54, 1.807) is 0 Å². The molecule has 1 heterocycles. The molecule has 1 atom stereocenters. The lowest BCUT2D eigenvalue weighted by molar-refractivity contribution is -0.147. The molecule has 1 spiro atoms. The summed E-state index contributed by atoms with van der Waals surface area (Å²) in [5, 5.41) is 3.00. The Morgan fingerprint density at radius 1 is 1.50 bits per heavy atom. The summed E-state index contributed by atoms with van der Waals surface area (Å²) < 4.78 is 0. The molecule has 1 saturated heterocycles. The first-order chi connectivity index (χ1) is 5.67. The van der Waals surface area contributed by atoms with Crippen molar-refractivity contribution in [2.45, 2.75) is 32.7 Å². The standard InChI is InChI=1S/C10H15NO/c1-7(2)8-10(9(12)11-8)5-3-4-6-10/h3-4,7-8H,5-6H2,1-2H3,(H,11,12)/t8-/m1/s1. The van der Waals surface area contributed by atoms with Crippen LogP contribution in [0.15, 0.2) is 12.2 Å². The van der Waals surface area contributed by atoms with Gasteiger partial charge in [-0.25, -0.2) is 0 Å². The third-order valence-corrected chi connectivity index (χ3v) is 3.13. The van der Waals surface area contributed by atoms with Gasteiger partial charge < -0.3 is 5.32 Å². The van der Waals surface area contributed by atoms with E-state index >= 15 is 0 Å². The van der Waals surface area contributed by atoms with Crippen LogP contribution in [0.4, 0.5) is 0 Å². The summed E-state index contributed by atoms with van der Waals surface area (Å²) in [5.74, 6) is 0.814. The molecule has 2 rings (SSSR count). The van der Waals surface area contributed by atoms with Crippen molar-refractivity contribution in [1.82, 2.24) is 5.32 Å². The molecule has 1 N–H and O–H groups in total. The van der Waals surface area contributed by atoms with Gasteiger partial charge in [0.05, 0.1) is 5.41 Å². The second kappa shape index (κ2) is 2.35. The molecule has 0 radical (unpaired) electrons. The number of allylic oxidation sites excluding steroid dienone is 2. The number of carbonyl (C=O) groups is 1. The number of β-lactam (4-membered cyclic amide) rings is 1. The van der Waals surface area contributed by atoms with Crippen LogP contribution in [-0.4, -0.2) is 11.9 Å². The molecule has 2 nitrogen and oxygen atoms in total. The lowest BCUT2D eigenvalue weighted by Crippen LogP contribution is -2.68. The van der Waals surface area contributed by atoms with Crippen molar-refractivity contribution in [3.05, 3.63) is 12.2 Å². The van der Waals surface area contributed by atoms with Gasteiger partial charge in [-0.3, -0.25) is 4.79 Å². The first-order valence-electron chi connectivity index (χ1n) is 4.63. The van der Waals surface area contributed by atoms with Gasteiger partial charge in [-0.05, 0) is 18.8 Å². The van der Waals surface area contributed by atoms with E-state index in [2.05, 4.69) is 31.3 Å². The molecular weight excluding hydrogens is 150 g/mol. The number of nitrogens with one attached hydrogen (secondary N) is 1. The predicted octanol–water partition coefficient (Wildman–Crippen LogP) is 1.48. The molecule has 1 fully saturated rings. The van der Waals surface area contributed by atoms with Crippen molar-refractivity contribution >= 4 is 5.91 Å². The summed E-state index contributed by atoms with van der Waals surface area (Å²) in [6.07, 6.45) is 6.16. The molecule has 0 saturated carbocycles. The Labute approximate surface area is 73.0 Å². The Bertz CT molecular complexity index is 234. The highest BCUT2D eigenvalue weighted by atomic mass is 16.2. The lowest BCUT2D eigenvalue weighted by atomic mass is 9.66. The minimum absolute atomic E-state index is 0.0475. The normalized spacial score (nSPS) is 30.9. The van der Waals surface area contributed by atoms with E-state index < -0.39 is 0 Å². The fourth-order valence-electron chi connectivity index (χ4n) is 2.40. The van der Waals surface area contributed by atoms with Gasteiger partial charge >= 0.3 is 0 Å². The Morgan fingerprint density at radius 2 is 2.08 bits per heavy atom. The summed E-state index contributed by atoms with van der Waals surface area (Å²) >= 11 is 0. The average Bonchev–Trinajstić information content (AvgIpc) is 2.49. The van der Waals surface area contributed by atoms with E-state index in [0.29, 0.717) is 12.0 Å². The third-order valence-electron chi connectivity index (χ3n) is 3.13. The Hall–Kier alpha value is -0.790. The molecular formula is C10H15NO. The summed E-state index contributed by atoms with van der Waals surface area (Å²) in [7, 11) is 0. The molecule has 2 aliphatic rings. The number of rotatable bonds is 1. The molecule has 12 heavy (non-hydrogen) atoms. The molecule has 0 aromatic rings. The van der Waals surface area contributed by atoms with Gasteiger partial charge in [-0.1, -0.05) is 26.0 Å². The van der Waals surface area contributed by atoms with Crippen LogP contribution in [0.2, 0.25) is 0 Å². The number of amides is 1. The van der Waals surface area contributed by atoms with Crippen molar-refractivity contribution in [3.63, 3.8) is 0 Å². The zero-order valence-electron chi connectivity index (χ0n) is 7.63. The minimum Gasteiger partial charge on any atom is -0.351 e. The fraction of sp³-hybridized carbons (Fsp3) is 0.700. The first-order valence-corrected chi connectivity index (χ1v) is 4.63. The van der Waals surface area contributed by atoms with Crippen molar-refractivity contribution < 1.29 is 4.79 Å². The maximum absolute atomic E-state index is 11.4. The van der Waals surface area contributed by atoms with E-state index in [0.717, 1.165) is 12.8 Å². The molecule has 2 heteroatoms. The Kier molecular flexibility index (Phi) is 1.53. The van der Waals surface area contributed by atoms with Gasteiger partial charge in [-0.2, -0.15) is 0 Å². The highest BCUT2D eigenvalue weighted by Gasteiger charge is 2.55. The van der Waals surface area contributed by atoms with Crippen LogP contribution in [0.3, 0.4) is 0 Å². The summed E-state index contributed by atoms with van der Waals surface area (Å²) in [6, 6.07) is 0.403. The quantitative estimate of drug-likeness (QED) is 0.463. The minimum atomic E-state index is -0.0475. The van der Waals surface area contributed by atoms with Gasteiger partial charge in [-0.15, -0.1) is 0 Å². The van der Waals surface area contributed by atoms with Crippen LogP contribution in [0.1, 0.15) is 26.7 Å². The van der Waals surface area contributed by atoms with E-state index in [1.165, 1.54) is 0 Å². The van der Waals surface area contributed by atoms with Crippen molar-refractivity contribution in [2.24, 2.45) is 11.3 Å².